The lowest BCUT2D eigenvalue weighted by molar-refractivity contribution is -0.138. The van der Waals surface area contributed by atoms with E-state index in [4.69, 9.17) is 28.2 Å². The molecular weight excluding hydrogens is 497 g/mol. The Balaban J connectivity index is 2.21. The van der Waals surface area contributed by atoms with Crippen molar-refractivity contribution in [1.82, 2.24) is 10.6 Å². The maximum absolute atomic E-state index is 13.2. The van der Waals surface area contributed by atoms with Gasteiger partial charge in [0.25, 0.3) is 5.91 Å². The summed E-state index contributed by atoms with van der Waals surface area (Å²) in [4.78, 5) is 50.6. The van der Waals surface area contributed by atoms with Crippen molar-refractivity contribution < 1.29 is 32.7 Å². The summed E-state index contributed by atoms with van der Waals surface area (Å²) in [7, 11) is 0. The molecule has 0 aliphatic heterocycles. The molecule has 2 amide bonds. The topological polar surface area (TPSA) is 189 Å². The molecule has 2 aromatic carbocycles. The van der Waals surface area contributed by atoms with Crippen LogP contribution in [0, 0.1) is 4.91 Å². The number of halogens is 4. The molecule has 0 radical (unpaired) electrons. The van der Waals surface area contributed by atoms with Crippen LogP contribution in [0.4, 0.5) is 24.5 Å². The lowest BCUT2D eigenvalue weighted by Crippen LogP contribution is -2.39. The van der Waals surface area contributed by atoms with Crippen LogP contribution < -0.4 is 22.1 Å². The van der Waals surface area contributed by atoms with Crippen molar-refractivity contribution >= 4 is 46.7 Å². The highest BCUT2D eigenvalue weighted by Gasteiger charge is 2.32. The van der Waals surface area contributed by atoms with Crippen molar-refractivity contribution in [3.63, 3.8) is 0 Å². The number of nitrogens with one attached hydrogen (secondary N) is 2. The molecule has 186 valence electrons. The Bertz CT molecular complexity index is 1180. The molecule has 0 aliphatic rings. The first-order valence-corrected chi connectivity index (χ1v) is 9.92. The number of carboxylic acid groups (broad SMARTS) is 1. The Morgan fingerprint density at radius 2 is 1.80 bits per heavy atom. The van der Waals surface area contributed by atoms with Gasteiger partial charge in [-0.25, -0.2) is 4.99 Å². The standard InChI is InChI=1S/C20H18ClF3N6O5/c21-11-1-2-14(30-35)13(6-11)15(7-17(32)33)29-16(31)8-27-18(34)9-3-10(20(22,23)24)5-12(4-9)28-19(25)26/h1-6,15H,7-8H2,(H,27,34)(H,29,31)(H,32,33)(H4,25,26,28). The maximum Gasteiger partial charge on any atom is 0.416 e. The number of carboxylic acids is 1. The van der Waals surface area contributed by atoms with Gasteiger partial charge in [0.2, 0.25) is 5.91 Å². The minimum absolute atomic E-state index is 0.0225. The van der Waals surface area contributed by atoms with Gasteiger partial charge in [-0.3, -0.25) is 14.4 Å². The quantitative estimate of drug-likeness (QED) is 0.193. The fourth-order valence-electron chi connectivity index (χ4n) is 2.93. The molecule has 0 aliphatic carbocycles. The van der Waals surface area contributed by atoms with Gasteiger partial charge < -0.3 is 27.2 Å². The molecule has 1 unspecified atom stereocenters. The zero-order valence-electron chi connectivity index (χ0n) is 17.6. The molecule has 0 saturated heterocycles. The van der Waals surface area contributed by atoms with Crippen molar-refractivity contribution in [2.45, 2.75) is 18.6 Å². The van der Waals surface area contributed by atoms with Gasteiger partial charge in [-0.15, -0.1) is 4.91 Å². The monoisotopic (exact) mass is 514 g/mol. The fourth-order valence-corrected chi connectivity index (χ4v) is 3.11. The van der Waals surface area contributed by atoms with Crippen LogP contribution in [0.1, 0.15) is 33.9 Å². The Labute approximate surface area is 200 Å². The SMILES string of the molecule is NC(N)=Nc1cc(C(=O)NCC(=O)NC(CC(=O)O)c2cc(Cl)ccc2N=O)cc(C(F)(F)F)c1. The average Bonchev–Trinajstić information content (AvgIpc) is 2.75. The molecule has 7 N–H and O–H groups in total. The first-order valence-electron chi connectivity index (χ1n) is 9.54. The minimum Gasteiger partial charge on any atom is -0.481 e. The fraction of sp³-hybridized carbons (Fsp3) is 0.200. The number of carbonyl (C=O) groups is 3. The van der Waals surface area contributed by atoms with Crippen LogP contribution in [0.25, 0.3) is 0 Å². The molecule has 2 rings (SSSR count). The number of aliphatic carboxylic acids is 1. The highest BCUT2D eigenvalue weighted by molar-refractivity contribution is 6.30. The number of alkyl halides is 3. The van der Waals surface area contributed by atoms with E-state index >= 15 is 0 Å². The van der Waals surface area contributed by atoms with E-state index in [9.17, 15) is 32.5 Å². The van der Waals surface area contributed by atoms with Gasteiger partial charge in [-0.2, -0.15) is 13.2 Å². The number of rotatable bonds is 9. The second-order valence-electron chi connectivity index (χ2n) is 7.00. The molecule has 0 spiro atoms. The van der Waals surface area contributed by atoms with Crippen molar-refractivity contribution in [2.75, 3.05) is 6.54 Å². The maximum atomic E-state index is 13.2. The highest BCUT2D eigenvalue weighted by Crippen LogP contribution is 2.33. The van der Waals surface area contributed by atoms with E-state index in [1.807, 2.05) is 0 Å². The van der Waals surface area contributed by atoms with Crippen LogP contribution in [0.15, 0.2) is 46.6 Å². The minimum atomic E-state index is -4.81. The average molecular weight is 515 g/mol. The number of nitroso groups, excluding NO2 is 1. The summed E-state index contributed by atoms with van der Waals surface area (Å²) in [5.41, 5.74) is 8.19. The number of hydrogen-bond donors (Lipinski definition) is 5. The summed E-state index contributed by atoms with van der Waals surface area (Å²) in [6, 6.07) is 4.72. The van der Waals surface area contributed by atoms with E-state index in [2.05, 4.69) is 20.8 Å². The number of nitrogens with zero attached hydrogens (tertiary/aromatic N) is 2. The summed E-state index contributed by atoms with van der Waals surface area (Å²) in [6.45, 7) is -0.743. The zero-order chi connectivity index (χ0) is 26.3. The van der Waals surface area contributed by atoms with Gasteiger partial charge in [0, 0.05) is 16.1 Å². The van der Waals surface area contributed by atoms with E-state index < -0.39 is 60.1 Å². The van der Waals surface area contributed by atoms with Gasteiger partial charge in [0.1, 0.15) is 5.69 Å². The number of benzene rings is 2. The predicted octanol–water partition coefficient (Wildman–Crippen LogP) is 2.72. The number of guanidine groups is 1. The van der Waals surface area contributed by atoms with Gasteiger partial charge in [-0.1, -0.05) is 11.6 Å². The highest BCUT2D eigenvalue weighted by atomic mass is 35.5. The number of nitrogens with two attached hydrogens (primary N) is 2. The van der Waals surface area contributed by atoms with Crippen LogP contribution in [0.2, 0.25) is 5.02 Å². The summed E-state index contributed by atoms with van der Waals surface area (Å²) in [6.07, 6.45) is -5.47. The number of aliphatic imine (C=N–C) groups is 1. The number of hydrogen-bond acceptors (Lipinski definition) is 6. The zero-order valence-corrected chi connectivity index (χ0v) is 18.4. The van der Waals surface area contributed by atoms with E-state index in [1.54, 1.807) is 0 Å². The van der Waals surface area contributed by atoms with Gasteiger partial charge in [0.15, 0.2) is 5.96 Å². The molecule has 2 aromatic rings. The lowest BCUT2D eigenvalue weighted by atomic mass is 10.0. The van der Waals surface area contributed by atoms with Gasteiger partial charge in [0.05, 0.1) is 30.3 Å². The number of amides is 2. The van der Waals surface area contributed by atoms with Crippen molar-refractivity contribution in [3.05, 3.63) is 63.0 Å². The molecule has 0 aromatic heterocycles. The van der Waals surface area contributed by atoms with Crippen molar-refractivity contribution in [2.24, 2.45) is 21.6 Å². The third kappa shape index (κ3) is 7.96. The molecule has 1 atom stereocenters. The van der Waals surface area contributed by atoms with Gasteiger partial charge in [-0.05, 0) is 41.6 Å². The second kappa shape index (κ2) is 11.3. The van der Waals surface area contributed by atoms with E-state index in [-0.39, 0.29) is 22.0 Å². The van der Waals surface area contributed by atoms with Crippen molar-refractivity contribution in [1.29, 1.82) is 0 Å². The lowest BCUT2D eigenvalue weighted by Gasteiger charge is -2.19. The van der Waals surface area contributed by atoms with Crippen molar-refractivity contribution in [3.8, 4) is 0 Å². The Hall–Kier alpha value is -4.20. The summed E-state index contributed by atoms with van der Waals surface area (Å²) >= 11 is 5.88. The summed E-state index contributed by atoms with van der Waals surface area (Å²) in [5.74, 6) is -3.83. The van der Waals surface area contributed by atoms with E-state index in [0.717, 1.165) is 6.07 Å². The summed E-state index contributed by atoms with van der Waals surface area (Å²) in [5, 5.41) is 16.5. The van der Waals surface area contributed by atoms with Crippen LogP contribution >= 0.6 is 11.6 Å². The first-order chi connectivity index (χ1) is 16.3. The molecule has 0 bridgehead atoms. The first kappa shape index (κ1) is 27.0. The van der Waals surface area contributed by atoms with E-state index in [0.29, 0.717) is 12.1 Å². The van der Waals surface area contributed by atoms with Crippen LogP contribution in [-0.2, 0) is 15.8 Å². The van der Waals surface area contributed by atoms with Gasteiger partial charge >= 0.3 is 12.1 Å². The third-order valence-electron chi connectivity index (χ3n) is 4.35. The molecule has 35 heavy (non-hydrogen) atoms. The second-order valence-corrected chi connectivity index (χ2v) is 7.43. The molecule has 0 heterocycles. The molecule has 0 saturated carbocycles. The number of carbonyl (C=O) groups excluding carboxylic acids is 2. The predicted molar refractivity (Wildman–Crippen MR) is 119 cm³/mol. The normalized spacial score (nSPS) is 11.8. The Morgan fingerprint density at radius 3 is 2.37 bits per heavy atom. The largest absolute Gasteiger partial charge is 0.481 e. The third-order valence-corrected chi connectivity index (χ3v) is 4.59. The van der Waals surface area contributed by atoms with Crippen LogP contribution in [-0.4, -0.2) is 35.4 Å². The molecule has 11 nitrogen and oxygen atoms in total. The molecule has 0 fully saturated rings. The molecular formula is C20H18ClF3N6O5. The Morgan fingerprint density at radius 1 is 1.11 bits per heavy atom. The van der Waals surface area contributed by atoms with Crippen LogP contribution in [0.3, 0.4) is 0 Å². The molecule has 15 heteroatoms. The Kier molecular flexibility index (Phi) is 8.72. The van der Waals surface area contributed by atoms with Crippen LogP contribution in [0.5, 0.6) is 0 Å². The summed E-state index contributed by atoms with van der Waals surface area (Å²) < 4.78 is 39.5. The van der Waals surface area contributed by atoms with E-state index in [1.165, 1.54) is 18.2 Å². The smallest absolute Gasteiger partial charge is 0.416 e.